The predicted molar refractivity (Wildman–Crippen MR) is 102 cm³/mol. The van der Waals surface area contributed by atoms with Gasteiger partial charge in [-0.2, -0.15) is 0 Å². The van der Waals surface area contributed by atoms with E-state index in [9.17, 15) is 19.7 Å². The second-order valence-electron chi connectivity index (χ2n) is 6.75. The molecular formula is C20H21N3O5. The molecule has 0 aliphatic heterocycles. The fraction of sp³-hybridized carbons (Fsp3) is 0.300. The average Bonchev–Trinajstić information content (AvgIpc) is 3.51. The van der Waals surface area contributed by atoms with Crippen LogP contribution in [0.2, 0.25) is 0 Å². The number of benzene rings is 2. The molecule has 1 fully saturated rings. The lowest BCUT2D eigenvalue weighted by molar-refractivity contribution is -0.384. The molecule has 2 aromatic rings. The first kappa shape index (κ1) is 19.3. The highest BCUT2D eigenvalue weighted by Gasteiger charge is 2.24. The summed E-state index contributed by atoms with van der Waals surface area (Å²) in [6, 6.07) is 11.2. The van der Waals surface area contributed by atoms with E-state index in [1.807, 2.05) is 0 Å². The number of nitro groups is 1. The first-order chi connectivity index (χ1) is 13.4. The SMILES string of the molecule is COc1ccc([N+](=O)[O-])cc1C(=O)N(C)Cc1ccc(C(=O)NC2CC2)cc1. The van der Waals surface area contributed by atoms with Crippen LogP contribution >= 0.6 is 0 Å². The van der Waals surface area contributed by atoms with Crippen molar-refractivity contribution in [3.05, 3.63) is 69.3 Å². The Morgan fingerprint density at radius 3 is 2.46 bits per heavy atom. The summed E-state index contributed by atoms with van der Waals surface area (Å²) in [6.07, 6.45) is 2.05. The molecule has 1 aliphatic carbocycles. The molecule has 1 N–H and O–H groups in total. The third-order valence-corrected chi connectivity index (χ3v) is 4.52. The summed E-state index contributed by atoms with van der Waals surface area (Å²) < 4.78 is 5.17. The molecule has 0 heterocycles. The maximum atomic E-state index is 12.8. The number of ether oxygens (including phenoxy) is 1. The molecule has 1 aliphatic rings. The number of rotatable bonds is 7. The number of nitrogens with zero attached hydrogens (tertiary/aromatic N) is 2. The number of nitrogens with one attached hydrogen (secondary N) is 1. The van der Waals surface area contributed by atoms with Crippen LogP contribution in [-0.2, 0) is 6.54 Å². The molecular weight excluding hydrogens is 362 g/mol. The Kier molecular flexibility index (Phi) is 5.58. The van der Waals surface area contributed by atoms with Crippen LogP contribution in [0.25, 0.3) is 0 Å². The molecule has 146 valence electrons. The highest BCUT2D eigenvalue weighted by atomic mass is 16.6. The maximum absolute atomic E-state index is 12.8. The van der Waals surface area contributed by atoms with Gasteiger partial charge in [0.25, 0.3) is 17.5 Å². The van der Waals surface area contributed by atoms with Crippen molar-refractivity contribution in [2.24, 2.45) is 0 Å². The predicted octanol–water partition coefficient (Wildman–Crippen LogP) is 2.77. The molecule has 0 spiro atoms. The van der Waals surface area contributed by atoms with Crippen LogP contribution in [0.15, 0.2) is 42.5 Å². The fourth-order valence-corrected chi connectivity index (χ4v) is 2.79. The number of carbonyl (C=O) groups excluding carboxylic acids is 2. The van der Waals surface area contributed by atoms with Crippen LogP contribution in [0, 0.1) is 10.1 Å². The molecule has 0 atom stereocenters. The third kappa shape index (κ3) is 4.46. The monoisotopic (exact) mass is 383 g/mol. The van der Waals surface area contributed by atoms with Gasteiger partial charge >= 0.3 is 0 Å². The Morgan fingerprint density at radius 2 is 1.89 bits per heavy atom. The molecule has 1 saturated carbocycles. The summed E-state index contributed by atoms with van der Waals surface area (Å²) in [4.78, 5) is 36.7. The van der Waals surface area contributed by atoms with E-state index < -0.39 is 10.8 Å². The van der Waals surface area contributed by atoms with Gasteiger partial charge in [-0.3, -0.25) is 19.7 Å². The minimum atomic E-state index is -0.554. The summed E-state index contributed by atoms with van der Waals surface area (Å²) in [5.41, 5.74) is 1.36. The summed E-state index contributed by atoms with van der Waals surface area (Å²) in [6.45, 7) is 0.287. The molecule has 28 heavy (non-hydrogen) atoms. The van der Waals surface area contributed by atoms with E-state index in [0.717, 1.165) is 18.4 Å². The molecule has 2 amide bonds. The van der Waals surface area contributed by atoms with Gasteiger partial charge in [0.2, 0.25) is 0 Å². The van der Waals surface area contributed by atoms with Gasteiger partial charge < -0.3 is 15.0 Å². The van der Waals surface area contributed by atoms with Crippen LogP contribution in [0.5, 0.6) is 5.75 Å². The minimum Gasteiger partial charge on any atom is -0.496 e. The zero-order chi connectivity index (χ0) is 20.3. The van der Waals surface area contributed by atoms with Crippen LogP contribution in [0.3, 0.4) is 0 Å². The number of hydrogen-bond acceptors (Lipinski definition) is 5. The quantitative estimate of drug-likeness (QED) is 0.585. The zero-order valence-electron chi connectivity index (χ0n) is 15.7. The van der Waals surface area contributed by atoms with Crippen LogP contribution < -0.4 is 10.1 Å². The van der Waals surface area contributed by atoms with Crippen LogP contribution in [0.1, 0.15) is 39.1 Å². The van der Waals surface area contributed by atoms with Crippen molar-refractivity contribution >= 4 is 17.5 Å². The molecule has 0 radical (unpaired) electrons. The number of nitro benzene ring substituents is 1. The van der Waals surface area contributed by atoms with Gasteiger partial charge in [0.05, 0.1) is 17.6 Å². The topological polar surface area (TPSA) is 102 Å². The van der Waals surface area contributed by atoms with Gasteiger partial charge in [-0.25, -0.2) is 0 Å². The molecule has 0 aromatic heterocycles. The zero-order valence-corrected chi connectivity index (χ0v) is 15.7. The van der Waals surface area contributed by atoms with Crippen LogP contribution in [0.4, 0.5) is 5.69 Å². The van der Waals surface area contributed by atoms with Crippen molar-refractivity contribution in [2.75, 3.05) is 14.2 Å². The second kappa shape index (κ2) is 8.08. The van der Waals surface area contributed by atoms with E-state index >= 15 is 0 Å². The van der Waals surface area contributed by atoms with E-state index in [1.54, 1.807) is 31.3 Å². The number of amides is 2. The number of hydrogen-bond donors (Lipinski definition) is 1. The van der Waals surface area contributed by atoms with Crippen molar-refractivity contribution in [3.8, 4) is 5.75 Å². The van der Waals surface area contributed by atoms with E-state index in [4.69, 9.17) is 4.74 Å². The lowest BCUT2D eigenvalue weighted by Crippen LogP contribution is -2.27. The Balaban J connectivity index is 1.71. The number of non-ortho nitro benzene ring substituents is 1. The number of carbonyl (C=O) groups is 2. The summed E-state index contributed by atoms with van der Waals surface area (Å²) in [5, 5.41) is 13.9. The summed E-state index contributed by atoms with van der Waals surface area (Å²) >= 11 is 0. The van der Waals surface area contributed by atoms with Crippen molar-refractivity contribution < 1.29 is 19.2 Å². The average molecular weight is 383 g/mol. The Bertz CT molecular complexity index is 907. The highest BCUT2D eigenvalue weighted by Crippen LogP contribution is 2.25. The molecule has 0 bridgehead atoms. The van der Waals surface area contributed by atoms with Crippen molar-refractivity contribution in [2.45, 2.75) is 25.4 Å². The van der Waals surface area contributed by atoms with E-state index in [1.165, 1.54) is 30.2 Å². The summed E-state index contributed by atoms with van der Waals surface area (Å²) in [7, 11) is 3.01. The largest absolute Gasteiger partial charge is 0.496 e. The van der Waals surface area contributed by atoms with Gasteiger partial charge in [0.1, 0.15) is 5.75 Å². The van der Waals surface area contributed by atoms with Crippen molar-refractivity contribution in [3.63, 3.8) is 0 Å². The van der Waals surface area contributed by atoms with Gasteiger partial charge in [-0.1, -0.05) is 12.1 Å². The van der Waals surface area contributed by atoms with Crippen molar-refractivity contribution in [1.29, 1.82) is 0 Å². The fourth-order valence-electron chi connectivity index (χ4n) is 2.79. The van der Waals surface area contributed by atoms with Gasteiger partial charge in [-0.15, -0.1) is 0 Å². The molecule has 3 rings (SSSR count). The second-order valence-corrected chi connectivity index (χ2v) is 6.75. The maximum Gasteiger partial charge on any atom is 0.270 e. The van der Waals surface area contributed by atoms with E-state index in [0.29, 0.717) is 11.6 Å². The molecule has 8 heteroatoms. The standard InChI is InChI=1S/C20H21N3O5/c1-22(20(25)17-11-16(23(26)27)9-10-18(17)28-2)12-13-3-5-14(6-4-13)19(24)21-15-7-8-15/h3-6,9-11,15H,7-8,12H2,1-2H3,(H,21,24). The highest BCUT2D eigenvalue weighted by molar-refractivity contribution is 5.97. The third-order valence-electron chi connectivity index (χ3n) is 4.52. The minimum absolute atomic E-state index is 0.0974. The Labute approximate surface area is 162 Å². The Hall–Kier alpha value is -3.42. The molecule has 0 saturated heterocycles. The van der Waals surface area contributed by atoms with Crippen LogP contribution in [-0.4, -0.2) is 41.8 Å². The van der Waals surface area contributed by atoms with E-state index in [2.05, 4.69) is 5.32 Å². The smallest absolute Gasteiger partial charge is 0.270 e. The van der Waals surface area contributed by atoms with Gasteiger partial charge in [0, 0.05) is 37.3 Å². The van der Waals surface area contributed by atoms with Gasteiger partial charge in [0.15, 0.2) is 0 Å². The molecule has 0 unspecified atom stereocenters. The summed E-state index contributed by atoms with van der Waals surface area (Å²) in [5.74, 6) is -0.217. The van der Waals surface area contributed by atoms with Gasteiger partial charge in [-0.05, 0) is 36.6 Å². The molecule has 8 nitrogen and oxygen atoms in total. The lowest BCUT2D eigenvalue weighted by atomic mass is 10.1. The van der Waals surface area contributed by atoms with E-state index in [-0.39, 0.29) is 29.5 Å². The lowest BCUT2D eigenvalue weighted by Gasteiger charge is -2.19. The first-order valence-electron chi connectivity index (χ1n) is 8.86. The normalized spacial score (nSPS) is 12.9. The first-order valence-corrected chi connectivity index (χ1v) is 8.86. The Morgan fingerprint density at radius 1 is 1.21 bits per heavy atom. The van der Waals surface area contributed by atoms with Crippen molar-refractivity contribution in [1.82, 2.24) is 10.2 Å². The molecule has 2 aromatic carbocycles. The number of methoxy groups -OCH3 is 1.